The number of hydrogen-bond acceptors (Lipinski definition) is 5. The molecule has 0 fully saturated rings. The molecule has 2 aromatic carbocycles. The van der Waals surface area contributed by atoms with Gasteiger partial charge in [0.1, 0.15) is 11.5 Å². The van der Waals surface area contributed by atoms with Crippen molar-refractivity contribution in [1.29, 1.82) is 0 Å². The van der Waals surface area contributed by atoms with Crippen molar-refractivity contribution in [2.75, 3.05) is 19.5 Å². The van der Waals surface area contributed by atoms with Crippen molar-refractivity contribution in [3.8, 4) is 17.2 Å². The minimum Gasteiger partial charge on any atom is -0.497 e. The minimum atomic E-state index is -0.247. The number of aromatic nitrogens is 4. The number of rotatable bonds is 8. The number of hydrogen-bond donors (Lipinski definition) is 2. The number of carbonyl (C=O) groups excluding carboxylic acids is 1. The first-order valence-corrected chi connectivity index (χ1v) is 10.7. The Hall–Kier alpha value is -4.07. The van der Waals surface area contributed by atoms with Crippen molar-refractivity contribution in [3.05, 3.63) is 82.8 Å². The number of nitrogens with zero attached hydrogens (tertiary/aromatic N) is 3. The van der Waals surface area contributed by atoms with E-state index >= 15 is 0 Å². The minimum absolute atomic E-state index is 0.247. The number of aryl methyl sites for hydroxylation is 3. The number of methoxy groups -OCH3 is 2. The number of anilines is 1. The van der Waals surface area contributed by atoms with Crippen LogP contribution >= 0.6 is 0 Å². The molecule has 8 heteroatoms. The van der Waals surface area contributed by atoms with Gasteiger partial charge in [0, 0.05) is 17.8 Å². The average Bonchev–Trinajstić information content (AvgIpc) is 3.43. The first-order chi connectivity index (χ1) is 16.0. The fourth-order valence-corrected chi connectivity index (χ4v) is 3.70. The van der Waals surface area contributed by atoms with Gasteiger partial charge in [-0.25, -0.2) is 4.68 Å². The predicted octanol–water partition coefficient (Wildman–Crippen LogP) is 4.27. The van der Waals surface area contributed by atoms with Crippen LogP contribution in [-0.4, -0.2) is 40.1 Å². The predicted molar refractivity (Wildman–Crippen MR) is 127 cm³/mol. The van der Waals surface area contributed by atoms with Crippen molar-refractivity contribution in [2.45, 2.75) is 26.7 Å². The summed E-state index contributed by atoms with van der Waals surface area (Å²) in [6.07, 6.45) is 3.08. The standard InChI is InChI=1S/C25H27N5O3/c1-16-7-5-6-8-23(16)30-17(2)22(15-26-30)25(31)27-24-13-19(28-29-24)10-9-18-11-20(32-3)14-21(12-18)33-4/h5-8,11-15H,9-10H2,1-4H3,(H2,27,28,29,31). The van der Waals surface area contributed by atoms with Crippen molar-refractivity contribution >= 4 is 11.7 Å². The third kappa shape index (κ3) is 4.90. The van der Waals surface area contributed by atoms with E-state index in [4.69, 9.17) is 9.47 Å². The van der Waals surface area contributed by atoms with Gasteiger partial charge in [0.15, 0.2) is 5.82 Å². The fraction of sp³-hybridized carbons (Fsp3) is 0.240. The molecule has 2 aromatic heterocycles. The maximum absolute atomic E-state index is 12.8. The Morgan fingerprint density at radius 1 is 1.03 bits per heavy atom. The molecule has 0 saturated carbocycles. The first kappa shape index (κ1) is 22.1. The Morgan fingerprint density at radius 3 is 2.45 bits per heavy atom. The maximum atomic E-state index is 12.8. The van der Waals surface area contributed by atoms with E-state index in [1.807, 2.05) is 62.4 Å². The third-order valence-electron chi connectivity index (χ3n) is 5.56. The molecule has 1 amide bonds. The molecule has 0 aliphatic heterocycles. The molecule has 0 unspecified atom stereocenters. The van der Waals surface area contributed by atoms with Crippen LogP contribution in [0.3, 0.4) is 0 Å². The van der Waals surface area contributed by atoms with Gasteiger partial charge in [0.25, 0.3) is 5.91 Å². The summed E-state index contributed by atoms with van der Waals surface area (Å²) in [4.78, 5) is 12.8. The molecule has 0 atom stereocenters. The van der Waals surface area contributed by atoms with Crippen LogP contribution in [-0.2, 0) is 12.8 Å². The highest BCUT2D eigenvalue weighted by atomic mass is 16.5. The smallest absolute Gasteiger partial charge is 0.260 e. The highest BCUT2D eigenvalue weighted by molar-refractivity contribution is 6.04. The summed E-state index contributed by atoms with van der Waals surface area (Å²) in [7, 11) is 3.27. The monoisotopic (exact) mass is 445 g/mol. The van der Waals surface area contributed by atoms with E-state index in [0.717, 1.165) is 52.5 Å². The highest BCUT2D eigenvalue weighted by Crippen LogP contribution is 2.24. The second-order valence-corrected chi connectivity index (χ2v) is 7.80. The normalized spacial score (nSPS) is 10.8. The van der Waals surface area contributed by atoms with E-state index in [9.17, 15) is 4.79 Å². The third-order valence-corrected chi connectivity index (χ3v) is 5.56. The number of para-hydroxylation sites is 1. The molecule has 4 aromatic rings. The molecule has 2 heterocycles. The van der Waals surface area contributed by atoms with Gasteiger partial charge < -0.3 is 14.8 Å². The molecule has 8 nitrogen and oxygen atoms in total. The van der Waals surface area contributed by atoms with E-state index in [1.54, 1.807) is 25.1 Å². The Kier molecular flexibility index (Phi) is 6.44. The van der Waals surface area contributed by atoms with Gasteiger partial charge in [0.2, 0.25) is 0 Å². The Bertz CT molecular complexity index is 1250. The largest absolute Gasteiger partial charge is 0.497 e. The summed E-state index contributed by atoms with van der Waals surface area (Å²) in [5.41, 5.74) is 5.31. The average molecular weight is 446 g/mol. The molecule has 2 N–H and O–H groups in total. The van der Waals surface area contributed by atoms with Crippen molar-refractivity contribution < 1.29 is 14.3 Å². The van der Waals surface area contributed by atoms with Gasteiger partial charge in [-0.3, -0.25) is 9.89 Å². The summed E-state index contributed by atoms with van der Waals surface area (Å²) >= 11 is 0. The molecule has 0 radical (unpaired) electrons. The first-order valence-electron chi connectivity index (χ1n) is 10.7. The highest BCUT2D eigenvalue weighted by Gasteiger charge is 2.17. The zero-order chi connectivity index (χ0) is 23.4. The summed E-state index contributed by atoms with van der Waals surface area (Å²) in [5, 5.41) is 14.5. The number of ether oxygens (including phenoxy) is 2. The molecule has 0 bridgehead atoms. The van der Waals surface area contributed by atoms with Crippen molar-refractivity contribution in [2.24, 2.45) is 0 Å². The number of H-pyrrole nitrogens is 1. The van der Waals surface area contributed by atoms with Crippen molar-refractivity contribution in [1.82, 2.24) is 20.0 Å². The van der Waals surface area contributed by atoms with Gasteiger partial charge in [-0.05, 0) is 56.0 Å². The summed E-state index contributed by atoms with van der Waals surface area (Å²) in [5.74, 6) is 1.73. The quantitative estimate of drug-likeness (QED) is 0.422. The Balaban J connectivity index is 1.42. The summed E-state index contributed by atoms with van der Waals surface area (Å²) in [6.45, 7) is 3.90. The summed E-state index contributed by atoms with van der Waals surface area (Å²) in [6, 6.07) is 15.6. The van der Waals surface area contributed by atoms with Gasteiger partial charge in [0.05, 0.1) is 37.4 Å². The molecule has 0 spiro atoms. The van der Waals surface area contributed by atoms with Crippen LogP contribution in [0.1, 0.15) is 32.9 Å². The van der Waals surface area contributed by atoms with Gasteiger partial charge in [-0.15, -0.1) is 0 Å². The van der Waals surface area contributed by atoms with Gasteiger partial charge in [-0.1, -0.05) is 18.2 Å². The molecule has 33 heavy (non-hydrogen) atoms. The zero-order valence-corrected chi connectivity index (χ0v) is 19.2. The molecule has 0 aliphatic rings. The van der Waals surface area contributed by atoms with E-state index in [2.05, 4.69) is 20.6 Å². The maximum Gasteiger partial charge on any atom is 0.260 e. The number of aromatic amines is 1. The van der Waals surface area contributed by atoms with E-state index in [1.165, 1.54) is 0 Å². The molecule has 170 valence electrons. The lowest BCUT2D eigenvalue weighted by molar-refractivity contribution is 0.102. The molecule has 4 rings (SSSR count). The van der Waals surface area contributed by atoms with Crippen LogP contribution in [0, 0.1) is 13.8 Å². The zero-order valence-electron chi connectivity index (χ0n) is 19.2. The molecule has 0 saturated heterocycles. The van der Waals surface area contributed by atoms with E-state index in [-0.39, 0.29) is 5.91 Å². The van der Waals surface area contributed by atoms with Crippen LogP contribution in [0.2, 0.25) is 0 Å². The van der Waals surface area contributed by atoms with Crippen LogP contribution in [0.25, 0.3) is 5.69 Å². The number of amides is 1. The topological polar surface area (TPSA) is 94.1 Å². The Morgan fingerprint density at radius 2 is 1.76 bits per heavy atom. The molecular weight excluding hydrogens is 418 g/mol. The summed E-state index contributed by atoms with van der Waals surface area (Å²) < 4.78 is 12.4. The second kappa shape index (κ2) is 9.60. The van der Waals surface area contributed by atoms with Gasteiger partial charge >= 0.3 is 0 Å². The lowest BCUT2D eigenvalue weighted by atomic mass is 10.1. The Labute approximate surface area is 192 Å². The lowest BCUT2D eigenvalue weighted by Crippen LogP contribution is -2.13. The number of carbonyl (C=O) groups is 1. The number of nitrogens with one attached hydrogen (secondary N) is 2. The molecule has 0 aliphatic carbocycles. The second-order valence-electron chi connectivity index (χ2n) is 7.80. The van der Waals surface area contributed by atoms with Crippen LogP contribution < -0.4 is 14.8 Å². The van der Waals surface area contributed by atoms with E-state index < -0.39 is 0 Å². The SMILES string of the molecule is COc1cc(CCc2cc(NC(=O)c3cnn(-c4ccccc4C)c3C)n[nH]2)cc(OC)c1. The van der Waals surface area contributed by atoms with Gasteiger partial charge in [-0.2, -0.15) is 10.2 Å². The van der Waals surface area contributed by atoms with E-state index in [0.29, 0.717) is 11.4 Å². The van der Waals surface area contributed by atoms with Crippen LogP contribution in [0.5, 0.6) is 11.5 Å². The number of benzene rings is 2. The lowest BCUT2D eigenvalue weighted by Gasteiger charge is -2.08. The molecular formula is C25H27N5O3. The fourth-order valence-electron chi connectivity index (χ4n) is 3.70. The van der Waals surface area contributed by atoms with Crippen LogP contribution in [0.4, 0.5) is 5.82 Å². The van der Waals surface area contributed by atoms with Crippen LogP contribution in [0.15, 0.2) is 54.7 Å². The van der Waals surface area contributed by atoms with Crippen molar-refractivity contribution in [3.63, 3.8) is 0 Å².